The Bertz CT molecular complexity index is 303. The van der Waals surface area contributed by atoms with Crippen molar-refractivity contribution in [1.29, 1.82) is 0 Å². The predicted octanol–water partition coefficient (Wildman–Crippen LogP) is -0.722. The lowest BCUT2D eigenvalue weighted by Gasteiger charge is -2.21. The molecule has 0 fully saturated rings. The number of aliphatic hydroxyl groups is 4. The molecule has 0 saturated heterocycles. The van der Waals surface area contributed by atoms with Gasteiger partial charge in [0.05, 0.1) is 19.8 Å². The highest BCUT2D eigenvalue weighted by atomic mass is 16.5. The van der Waals surface area contributed by atoms with E-state index in [1.165, 1.54) is 0 Å². The Morgan fingerprint density at radius 1 is 1.00 bits per heavy atom. The van der Waals surface area contributed by atoms with Gasteiger partial charge in [-0.05, 0) is 5.56 Å². The topological polar surface area (TPSA) is 90.2 Å². The highest BCUT2D eigenvalue weighted by Gasteiger charge is 2.23. The highest BCUT2D eigenvalue weighted by molar-refractivity contribution is 5.13. The fourth-order valence-corrected chi connectivity index (χ4v) is 1.33. The molecule has 5 heteroatoms. The lowest BCUT2D eigenvalue weighted by atomic mass is 10.1. The van der Waals surface area contributed by atoms with Crippen molar-refractivity contribution in [1.82, 2.24) is 0 Å². The minimum atomic E-state index is -1.41. The molecule has 0 bridgehead atoms. The van der Waals surface area contributed by atoms with E-state index in [9.17, 15) is 10.2 Å². The summed E-state index contributed by atoms with van der Waals surface area (Å²) in [5, 5.41) is 36.5. The van der Waals surface area contributed by atoms with Gasteiger partial charge in [-0.25, -0.2) is 0 Å². The van der Waals surface area contributed by atoms with Crippen molar-refractivity contribution in [3.63, 3.8) is 0 Å². The summed E-state index contributed by atoms with van der Waals surface area (Å²) in [6, 6.07) is 9.40. The second-order valence-corrected chi connectivity index (χ2v) is 3.81. The lowest BCUT2D eigenvalue weighted by molar-refractivity contribution is -0.101. The molecule has 0 aliphatic rings. The van der Waals surface area contributed by atoms with E-state index in [0.29, 0.717) is 6.61 Å². The van der Waals surface area contributed by atoms with Crippen LogP contribution in [0.25, 0.3) is 0 Å². The normalized spacial score (nSPS) is 16.5. The molecule has 1 rings (SSSR count). The van der Waals surface area contributed by atoms with Crippen LogP contribution in [0.3, 0.4) is 0 Å². The number of aliphatic hydroxyl groups excluding tert-OH is 4. The largest absolute Gasteiger partial charge is 0.394 e. The predicted molar refractivity (Wildman–Crippen MR) is 61.2 cm³/mol. The Labute approximate surface area is 99.9 Å². The van der Waals surface area contributed by atoms with E-state index in [1.807, 2.05) is 30.3 Å². The molecule has 0 unspecified atom stereocenters. The van der Waals surface area contributed by atoms with Crippen molar-refractivity contribution >= 4 is 0 Å². The van der Waals surface area contributed by atoms with Crippen molar-refractivity contribution in [2.24, 2.45) is 0 Å². The van der Waals surface area contributed by atoms with Gasteiger partial charge < -0.3 is 25.2 Å². The number of hydrogen-bond donors (Lipinski definition) is 4. The Morgan fingerprint density at radius 3 is 2.24 bits per heavy atom. The lowest BCUT2D eigenvalue weighted by Crippen LogP contribution is -2.41. The molecule has 5 nitrogen and oxygen atoms in total. The maximum Gasteiger partial charge on any atom is 0.110 e. The quantitative estimate of drug-likeness (QED) is 0.506. The summed E-state index contributed by atoms with van der Waals surface area (Å²) in [4.78, 5) is 0. The zero-order valence-corrected chi connectivity index (χ0v) is 9.44. The van der Waals surface area contributed by atoms with Crippen LogP contribution in [0.5, 0.6) is 0 Å². The van der Waals surface area contributed by atoms with E-state index >= 15 is 0 Å². The van der Waals surface area contributed by atoms with Crippen LogP contribution in [0.15, 0.2) is 30.3 Å². The van der Waals surface area contributed by atoms with Crippen LogP contribution in [0, 0.1) is 0 Å². The van der Waals surface area contributed by atoms with Gasteiger partial charge in [-0.1, -0.05) is 30.3 Å². The van der Waals surface area contributed by atoms with Gasteiger partial charge in [-0.3, -0.25) is 0 Å². The van der Waals surface area contributed by atoms with Crippen LogP contribution >= 0.6 is 0 Å². The molecule has 4 N–H and O–H groups in total. The molecule has 0 aromatic heterocycles. The van der Waals surface area contributed by atoms with Crippen LogP contribution in [-0.4, -0.2) is 52.0 Å². The highest BCUT2D eigenvalue weighted by Crippen LogP contribution is 2.04. The molecule has 17 heavy (non-hydrogen) atoms. The standard InChI is InChI=1S/C12H18O5/c13-6-10(14)12(16)11(15)8-17-7-9-4-2-1-3-5-9/h1-5,10-16H,6-8H2/t10-,11+,12-/m0/s1. The monoisotopic (exact) mass is 242 g/mol. The summed E-state index contributed by atoms with van der Waals surface area (Å²) in [6.45, 7) is -0.385. The van der Waals surface area contributed by atoms with E-state index in [2.05, 4.69) is 0 Å². The molecule has 3 atom stereocenters. The molecule has 0 heterocycles. The zero-order chi connectivity index (χ0) is 12.7. The first-order valence-electron chi connectivity index (χ1n) is 5.42. The van der Waals surface area contributed by atoms with E-state index in [1.54, 1.807) is 0 Å². The van der Waals surface area contributed by atoms with Gasteiger partial charge in [0.25, 0.3) is 0 Å². The van der Waals surface area contributed by atoms with Crippen LogP contribution in [0.1, 0.15) is 5.56 Å². The van der Waals surface area contributed by atoms with Crippen molar-refractivity contribution in [2.75, 3.05) is 13.2 Å². The molecule has 0 spiro atoms. The van der Waals surface area contributed by atoms with Gasteiger partial charge >= 0.3 is 0 Å². The average Bonchev–Trinajstić information content (AvgIpc) is 2.38. The molecule has 0 aliphatic carbocycles. The first-order chi connectivity index (χ1) is 8.15. The molecule has 0 amide bonds. The average molecular weight is 242 g/mol. The fourth-order valence-electron chi connectivity index (χ4n) is 1.33. The van der Waals surface area contributed by atoms with E-state index in [0.717, 1.165) is 5.56 Å². The van der Waals surface area contributed by atoms with Gasteiger partial charge in [0.2, 0.25) is 0 Å². The molecule has 0 saturated carbocycles. The van der Waals surface area contributed by atoms with Crippen LogP contribution in [0.2, 0.25) is 0 Å². The third-order valence-electron chi connectivity index (χ3n) is 2.38. The maximum absolute atomic E-state index is 9.45. The Hall–Kier alpha value is -0.980. The van der Waals surface area contributed by atoms with Gasteiger partial charge in [0, 0.05) is 0 Å². The number of rotatable bonds is 7. The smallest absolute Gasteiger partial charge is 0.110 e. The minimum Gasteiger partial charge on any atom is -0.394 e. The maximum atomic E-state index is 9.45. The molecule has 0 radical (unpaired) electrons. The molecule has 1 aromatic rings. The molecule has 1 aromatic carbocycles. The second kappa shape index (κ2) is 7.37. The van der Waals surface area contributed by atoms with Crippen LogP contribution < -0.4 is 0 Å². The van der Waals surface area contributed by atoms with E-state index in [4.69, 9.17) is 14.9 Å². The van der Waals surface area contributed by atoms with Gasteiger partial charge in [-0.2, -0.15) is 0 Å². The van der Waals surface area contributed by atoms with Crippen molar-refractivity contribution in [3.05, 3.63) is 35.9 Å². The van der Waals surface area contributed by atoms with Gasteiger partial charge in [0.15, 0.2) is 0 Å². The zero-order valence-electron chi connectivity index (χ0n) is 9.44. The van der Waals surface area contributed by atoms with Crippen LogP contribution in [0.4, 0.5) is 0 Å². The third kappa shape index (κ3) is 4.80. The van der Waals surface area contributed by atoms with Gasteiger partial charge in [-0.15, -0.1) is 0 Å². The number of hydrogen-bond acceptors (Lipinski definition) is 5. The summed E-state index contributed by atoms with van der Waals surface area (Å²) < 4.78 is 5.19. The summed E-state index contributed by atoms with van der Waals surface area (Å²) in [6.07, 6.45) is -3.98. The number of benzene rings is 1. The Balaban J connectivity index is 2.27. The number of ether oxygens (including phenoxy) is 1. The Kier molecular flexibility index (Phi) is 6.10. The van der Waals surface area contributed by atoms with Crippen LogP contribution in [-0.2, 0) is 11.3 Å². The van der Waals surface area contributed by atoms with Gasteiger partial charge in [0.1, 0.15) is 18.3 Å². The first-order valence-corrected chi connectivity index (χ1v) is 5.42. The van der Waals surface area contributed by atoms with Crippen molar-refractivity contribution in [2.45, 2.75) is 24.9 Å². The molecular weight excluding hydrogens is 224 g/mol. The van der Waals surface area contributed by atoms with E-state index in [-0.39, 0.29) is 6.61 Å². The SMILES string of the molecule is OC[C@H](O)[C@H](O)[C@H](O)COCc1ccccc1. The fraction of sp³-hybridized carbons (Fsp3) is 0.500. The summed E-state index contributed by atoms with van der Waals surface area (Å²) in [7, 11) is 0. The third-order valence-corrected chi connectivity index (χ3v) is 2.38. The van der Waals surface area contributed by atoms with Crippen molar-refractivity contribution in [3.8, 4) is 0 Å². The molecule has 96 valence electrons. The molecular formula is C12H18O5. The van der Waals surface area contributed by atoms with Crippen molar-refractivity contribution < 1.29 is 25.2 Å². The van der Waals surface area contributed by atoms with E-state index < -0.39 is 24.9 Å². The Morgan fingerprint density at radius 2 is 1.65 bits per heavy atom. The second-order valence-electron chi connectivity index (χ2n) is 3.81. The minimum absolute atomic E-state index is 0.104. The summed E-state index contributed by atoms with van der Waals surface area (Å²) in [5.74, 6) is 0. The summed E-state index contributed by atoms with van der Waals surface area (Å²) in [5.41, 5.74) is 0.955. The molecule has 0 aliphatic heterocycles. The summed E-state index contributed by atoms with van der Waals surface area (Å²) >= 11 is 0. The first kappa shape index (κ1) is 14.1.